The quantitative estimate of drug-likeness (QED) is 0.131. The van der Waals surface area contributed by atoms with E-state index in [2.05, 4.69) is 19.9 Å². The minimum atomic E-state index is -0.119. The van der Waals surface area contributed by atoms with Gasteiger partial charge in [0, 0.05) is 5.57 Å². The Kier molecular flexibility index (Phi) is 19.9. The number of hydrogen-bond acceptors (Lipinski definition) is 2. The summed E-state index contributed by atoms with van der Waals surface area (Å²) in [6.45, 7) is 6.97. The third-order valence-corrected chi connectivity index (χ3v) is 5.06. The van der Waals surface area contributed by atoms with Crippen LogP contribution in [-0.2, 0) is 9.53 Å². The van der Waals surface area contributed by atoms with Gasteiger partial charge in [0.1, 0.15) is 0 Å². The summed E-state index contributed by atoms with van der Waals surface area (Å²) in [5.41, 5.74) is 0.785. The second kappa shape index (κ2) is 20.5. The van der Waals surface area contributed by atoms with E-state index in [4.69, 9.17) is 4.74 Å². The molecule has 0 aliphatic carbocycles. The fourth-order valence-electron chi connectivity index (χ4n) is 3.19. The fourth-order valence-corrected chi connectivity index (χ4v) is 3.19. The van der Waals surface area contributed by atoms with Gasteiger partial charge >= 0.3 is 5.97 Å². The van der Waals surface area contributed by atoms with E-state index in [-0.39, 0.29) is 5.97 Å². The zero-order chi connectivity index (χ0) is 19.3. The summed E-state index contributed by atoms with van der Waals surface area (Å²) in [7, 11) is 0. The molecule has 0 saturated heterocycles. The highest BCUT2D eigenvalue weighted by Crippen LogP contribution is 2.12. The SMILES string of the molecule is CCCCCCCCCCCC=C(C)C(=O)OCCCCCCCCC. The van der Waals surface area contributed by atoms with Crippen molar-refractivity contribution in [1.82, 2.24) is 0 Å². The first-order chi connectivity index (χ1) is 12.7. The molecule has 0 aliphatic rings. The lowest BCUT2D eigenvalue weighted by atomic mass is 10.1. The summed E-state index contributed by atoms with van der Waals surface area (Å²) in [4.78, 5) is 11.9. The van der Waals surface area contributed by atoms with Gasteiger partial charge in [-0.2, -0.15) is 0 Å². The molecule has 0 saturated carbocycles. The molecule has 0 heterocycles. The molecule has 0 rings (SSSR count). The van der Waals surface area contributed by atoms with Gasteiger partial charge in [-0.05, 0) is 26.2 Å². The summed E-state index contributed by atoms with van der Waals surface area (Å²) < 4.78 is 5.37. The molecule has 0 bridgehead atoms. The first kappa shape index (κ1) is 25.2. The Bertz CT molecular complexity index is 333. The minimum Gasteiger partial charge on any atom is -0.462 e. The van der Waals surface area contributed by atoms with Gasteiger partial charge in [-0.3, -0.25) is 0 Å². The first-order valence-corrected chi connectivity index (χ1v) is 11.6. The van der Waals surface area contributed by atoms with Crippen LogP contribution in [0.3, 0.4) is 0 Å². The average Bonchev–Trinajstić information content (AvgIpc) is 2.65. The topological polar surface area (TPSA) is 26.3 Å². The number of ether oxygens (including phenoxy) is 1. The molecule has 0 amide bonds. The molecule has 0 aliphatic heterocycles. The predicted octanol–water partition coefficient (Wildman–Crippen LogP) is 8.15. The molecular weight excluding hydrogens is 320 g/mol. The van der Waals surface area contributed by atoms with Crippen LogP contribution < -0.4 is 0 Å². The number of esters is 1. The molecule has 0 aromatic rings. The van der Waals surface area contributed by atoms with Crippen molar-refractivity contribution in [3.05, 3.63) is 11.6 Å². The molecular formula is C24H46O2. The van der Waals surface area contributed by atoms with Gasteiger partial charge in [-0.25, -0.2) is 4.79 Å². The van der Waals surface area contributed by atoms with Crippen molar-refractivity contribution in [2.24, 2.45) is 0 Å². The van der Waals surface area contributed by atoms with Crippen LogP contribution in [0.15, 0.2) is 11.6 Å². The van der Waals surface area contributed by atoms with Crippen molar-refractivity contribution in [3.8, 4) is 0 Å². The van der Waals surface area contributed by atoms with E-state index in [1.165, 1.54) is 96.3 Å². The molecule has 0 atom stereocenters. The second-order valence-electron chi connectivity index (χ2n) is 7.76. The molecule has 0 aromatic heterocycles. The second-order valence-corrected chi connectivity index (χ2v) is 7.76. The number of unbranched alkanes of at least 4 members (excludes halogenated alkanes) is 15. The van der Waals surface area contributed by atoms with Crippen LogP contribution >= 0.6 is 0 Å². The van der Waals surface area contributed by atoms with Crippen LogP contribution in [0, 0.1) is 0 Å². The van der Waals surface area contributed by atoms with Crippen LogP contribution in [0.2, 0.25) is 0 Å². The maximum Gasteiger partial charge on any atom is 0.333 e. The van der Waals surface area contributed by atoms with Gasteiger partial charge in [0.15, 0.2) is 0 Å². The van der Waals surface area contributed by atoms with E-state index in [1.54, 1.807) is 0 Å². The third kappa shape index (κ3) is 18.0. The normalized spacial score (nSPS) is 11.7. The standard InChI is InChI=1S/C24H46O2/c1-4-6-8-10-12-13-14-15-17-19-21-23(3)24(25)26-22-20-18-16-11-9-7-5-2/h21H,4-20,22H2,1-3H3. The zero-order valence-electron chi connectivity index (χ0n) is 18.1. The van der Waals surface area contributed by atoms with Gasteiger partial charge in [-0.1, -0.05) is 110 Å². The van der Waals surface area contributed by atoms with Crippen LogP contribution in [0.4, 0.5) is 0 Å². The Morgan fingerprint density at radius 1 is 0.654 bits per heavy atom. The number of carbonyl (C=O) groups is 1. The van der Waals surface area contributed by atoms with Crippen molar-refractivity contribution in [1.29, 1.82) is 0 Å². The van der Waals surface area contributed by atoms with E-state index in [0.29, 0.717) is 6.61 Å². The minimum absolute atomic E-state index is 0.119. The summed E-state index contributed by atoms with van der Waals surface area (Å²) in [6, 6.07) is 0. The van der Waals surface area contributed by atoms with E-state index >= 15 is 0 Å². The fraction of sp³-hybridized carbons (Fsp3) is 0.875. The first-order valence-electron chi connectivity index (χ1n) is 11.6. The Hall–Kier alpha value is -0.790. The monoisotopic (exact) mass is 366 g/mol. The van der Waals surface area contributed by atoms with Gasteiger partial charge < -0.3 is 4.74 Å². The largest absolute Gasteiger partial charge is 0.462 e. The number of allylic oxidation sites excluding steroid dienone is 1. The maximum absolute atomic E-state index is 11.9. The van der Waals surface area contributed by atoms with E-state index in [9.17, 15) is 4.79 Å². The molecule has 0 spiro atoms. The lowest BCUT2D eigenvalue weighted by Gasteiger charge is -2.05. The molecule has 0 aromatic carbocycles. The van der Waals surface area contributed by atoms with Crippen molar-refractivity contribution in [2.75, 3.05) is 6.61 Å². The van der Waals surface area contributed by atoms with Gasteiger partial charge in [0.2, 0.25) is 0 Å². The highest BCUT2D eigenvalue weighted by molar-refractivity contribution is 5.87. The lowest BCUT2D eigenvalue weighted by molar-refractivity contribution is -0.139. The van der Waals surface area contributed by atoms with Gasteiger partial charge in [0.05, 0.1) is 6.61 Å². The smallest absolute Gasteiger partial charge is 0.333 e. The van der Waals surface area contributed by atoms with Crippen molar-refractivity contribution < 1.29 is 9.53 Å². The molecule has 0 fully saturated rings. The van der Waals surface area contributed by atoms with Crippen molar-refractivity contribution >= 4 is 5.97 Å². The van der Waals surface area contributed by atoms with E-state index in [0.717, 1.165) is 18.4 Å². The van der Waals surface area contributed by atoms with Crippen molar-refractivity contribution in [3.63, 3.8) is 0 Å². The van der Waals surface area contributed by atoms with E-state index < -0.39 is 0 Å². The molecule has 2 heteroatoms. The summed E-state index contributed by atoms with van der Waals surface area (Å²) >= 11 is 0. The van der Waals surface area contributed by atoms with Crippen LogP contribution in [-0.4, -0.2) is 12.6 Å². The average molecular weight is 367 g/mol. The Labute approximate surface area is 164 Å². The lowest BCUT2D eigenvalue weighted by Crippen LogP contribution is -2.07. The molecule has 26 heavy (non-hydrogen) atoms. The third-order valence-electron chi connectivity index (χ3n) is 5.06. The molecule has 0 N–H and O–H groups in total. The van der Waals surface area contributed by atoms with Gasteiger partial charge in [0.25, 0.3) is 0 Å². The van der Waals surface area contributed by atoms with Crippen LogP contribution in [0.25, 0.3) is 0 Å². The van der Waals surface area contributed by atoms with Crippen LogP contribution in [0.1, 0.15) is 130 Å². The predicted molar refractivity (Wildman–Crippen MR) is 115 cm³/mol. The summed E-state index contributed by atoms with van der Waals surface area (Å²) in [6.07, 6.45) is 23.9. The molecule has 0 radical (unpaired) electrons. The Balaban J connectivity index is 3.45. The van der Waals surface area contributed by atoms with Crippen molar-refractivity contribution in [2.45, 2.75) is 130 Å². The number of rotatable bonds is 19. The molecule has 2 nitrogen and oxygen atoms in total. The van der Waals surface area contributed by atoms with E-state index in [1.807, 2.05) is 6.92 Å². The zero-order valence-corrected chi connectivity index (χ0v) is 18.1. The Morgan fingerprint density at radius 2 is 1.08 bits per heavy atom. The highest BCUT2D eigenvalue weighted by Gasteiger charge is 2.04. The summed E-state index contributed by atoms with van der Waals surface area (Å²) in [5, 5.41) is 0. The highest BCUT2D eigenvalue weighted by atomic mass is 16.5. The Morgan fingerprint density at radius 3 is 1.58 bits per heavy atom. The van der Waals surface area contributed by atoms with Gasteiger partial charge in [-0.15, -0.1) is 0 Å². The number of carbonyl (C=O) groups excluding carboxylic acids is 1. The maximum atomic E-state index is 11.9. The summed E-state index contributed by atoms with van der Waals surface area (Å²) in [5.74, 6) is -0.119. The van der Waals surface area contributed by atoms with Crippen LogP contribution in [0.5, 0.6) is 0 Å². The molecule has 154 valence electrons. The molecule has 0 unspecified atom stereocenters. The number of hydrogen-bond donors (Lipinski definition) is 0.